The molecule has 1 N–H and O–H groups in total. The van der Waals surface area contributed by atoms with Crippen LogP contribution < -0.4 is 5.32 Å². The molecule has 0 fully saturated rings. The fourth-order valence-corrected chi connectivity index (χ4v) is 2.53. The molecule has 5 heteroatoms. The Balaban J connectivity index is 1.99. The van der Waals surface area contributed by atoms with E-state index in [1.807, 2.05) is 38.1 Å². The van der Waals surface area contributed by atoms with Crippen LogP contribution in [0.5, 0.6) is 0 Å². The summed E-state index contributed by atoms with van der Waals surface area (Å²) in [6.45, 7) is 4.37. The molecular weight excluding hydrogens is 319 g/mol. The molecule has 0 aromatic heterocycles. The summed E-state index contributed by atoms with van der Waals surface area (Å²) >= 11 is 0. The van der Waals surface area contributed by atoms with Crippen molar-refractivity contribution in [3.8, 4) is 0 Å². The third kappa shape index (κ3) is 5.71. The molecule has 0 bridgehead atoms. The van der Waals surface area contributed by atoms with Gasteiger partial charge in [-0.25, -0.2) is 4.39 Å². The Labute approximate surface area is 147 Å². The third-order valence-corrected chi connectivity index (χ3v) is 3.87. The van der Waals surface area contributed by atoms with E-state index in [1.165, 1.54) is 17.0 Å². The highest BCUT2D eigenvalue weighted by Crippen LogP contribution is 2.13. The van der Waals surface area contributed by atoms with Gasteiger partial charge in [0.15, 0.2) is 0 Å². The number of halogens is 1. The lowest BCUT2D eigenvalue weighted by Gasteiger charge is -2.22. The second-order valence-corrected chi connectivity index (χ2v) is 5.98. The van der Waals surface area contributed by atoms with E-state index in [4.69, 9.17) is 0 Å². The highest BCUT2D eigenvalue weighted by Gasteiger charge is 2.17. The first-order valence-electron chi connectivity index (χ1n) is 8.37. The van der Waals surface area contributed by atoms with Gasteiger partial charge in [0, 0.05) is 12.2 Å². The van der Waals surface area contributed by atoms with Crippen LogP contribution in [-0.2, 0) is 16.0 Å². The van der Waals surface area contributed by atoms with Crippen molar-refractivity contribution in [3.05, 3.63) is 65.5 Å². The highest BCUT2D eigenvalue weighted by atomic mass is 19.1. The van der Waals surface area contributed by atoms with E-state index < -0.39 is 0 Å². The molecule has 0 saturated carbocycles. The molecular formula is C20H23FN2O2. The molecule has 0 unspecified atom stereocenters. The van der Waals surface area contributed by atoms with Crippen LogP contribution in [0.1, 0.15) is 24.5 Å². The molecule has 2 aromatic rings. The minimum Gasteiger partial charge on any atom is -0.333 e. The fraction of sp³-hybridized carbons (Fsp3) is 0.300. The number of hydrogen-bond acceptors (Lipinski definition) is 2. The van der Waals surface area contributed by atoms with Crippen molar-refractivity contribution in [1.82, 2.24) is 4.90 Å². The molecule has 0 heterocycles. The second kappa shape index (κ2) is 8.97. The van der Waals surface area contributed by atoms with E-state index in [1.54, 1.807) is 12.1 Å². The summed E-state index contributed by atoms with van der Waals surface area (Å²) in [5.41, 5.74) is 2.44. The van der Waals surface area contributed by atoms with Crippen molar-refractivity contribution in [2.75, 3.05) is 18.4 Å². The molecule has 0 radical (unpaired) electrons. The van der Waals surface area contributed by atoms with E-state index in [0.29, 0.717) is 6.54 Å². The minimum atomic E-state index is -0.334. The monoisotopic (exact) mass is 342 g/mol. The van der Waals surface area contributed by atoms with E-state index >= 15 is 0 Å². The summed E-state index contributed by atoms with van der Waals surface area (Å²) in [4.78, 5) is 26.3. The van der Waals surface area contributed by atoms with Gasteiger partial charge in [-0.2, -0.15) is 0 Å². The summed E-state index contributed by atoms with van der Waals surface area (Å²) in [5.74, 6) is -0.706. The lowest BCUT2D eigenvalue weighted by atomic mass is 10.1. The zero-order chi connectivity index (χ0) is 18.2. The quantitative estimate of drug-likeness (QED) is 0.836. The van der Waals surface area contributed by atoms with Crippen molar-refractivity contribution >= 4 is 17.5 Å². The lowest BCUT2D eigenvalue weighted by Crippen LogP contribution is -2.39. The van der Waals surface area contributed by atoms with Crippen LogP contribution in [0.15, 0.2) is 48.5 Å². The SMILES string of the molecule is CCCN(CC(=O)Nc1ccccc1C)C(=O)Cc1ccc(F)cc1. The number of carbonyl (C=O) groups excluding carboxylic acids is 2. The number of carbonyl (C=O) groups is 2. The van der Waals surface area contributed by atoms with Gasteiger partial charge in [0.05, 0.1) is 13.0 Å². The topological polar surface area (TPSA) is 49.4 Å². The number of aryl methyl sites for hydroxylation is 1. The molecule has 25 heavy (non-hydrogen) atoms. The van der Waals surface area contributed by atoms with E-state index in [-0.39, 0.29) is 30.6 Å². The normalized spacial score (nSPS) is 10.4. The van der Waals surface area contributed by atoms with Crippen molar-refractivity contribution in [2.45, 2.75) is 26.7 Å². The Morgan fingerprint density at radius 2 is 1.76 bits per heavy atom. The highest BCUT2D eigenvalue weighted by molar-refractivity contribution is 5.95. The van der Waals surface area contributed by atoms with Gasteiger partial charge in [0.1, 0.15) is 5.82 Å². The number of nitrogens with one attached hydrogen (secondary N) is 1. The van der Waals surface area contributed by atoms with E-state index in [2.05, 4.69) is 5.32 Å². The van der Waals surface area contributed by atoms with Crippen molar-refractivity contribution < 1.29 is 14.0 Å². The van der Waals surface area contributed by atoms with Crippen LogP contribution >= 0.6 is 0 Å². The standard InChI is InChI=1S/C20H23FN2O2/c1-3-12-23(20(25)13-16-8-10-17(21)11-9-16)14-19(24)22-18-7-5-4-6-15(18)2/h4-11H,3,12-14H2,1-2H3,(H,22,24). The van der Waals surface area contributed by atoms with Crippen LogP contribution in [0.3, 0.4) is 0 Å². The zero-order valence-electron chi connectivity index (χ0n) is 14.6. The predicted octanol–water partition coefficient (Wildman–Crippen LogP) is 3.55. The largest absolute Gasteiger partial charge is 0.333 e. The zero-order valence-corrected chi connectivity index (χ0v) is 14.6. The molecule has 0 atom stereocenters. The van der Waals surface area contributed by atoms with Gasteiger partial charge >= 0.3 is 0 Å². The number of benzene rings is 2. The van der Waals surface area contributed by atoms with Gasteiger partial charge in [-0.3, -0.25) is 9.59 Å². The average molecular weight is 342 g/mol. The van der Waals surface area contributed by atoms with Gasteiger partial charge in [-0.05, 0) is 42.7 Å². The Morgan fingerprint density at radius 3 is 2.40 bits per heavy atom. The van der Waals surface area contributed by atoms with Crippen molar-refractivity contribution in [3.63, 3.8) is 0 Å². The summed E-state index contributed by atoms with van der Waals surface area (Å²) < 4.78 is 13.0. The summed E-state index contributed by atoms with van der Waals surface area (Å²) in [6.07, 6.45) is 0.907. The first-order chi connectivity index (χ1) is 12.0. The predicted molar refractivity (Wildman–Crippen MR) is 96.8 cm³/mol. The molecule has 0 saturated heterocycles. The van der Waals surface area contributed by atoms with Crippen molar-refractivity contribution in [2.24, 2.45) is 0 Å². The van der Waals surface area contributed by atoms with Crippen LogP contribution in [-0.4, -0.2) is 29.8 Å². The first-order valence-corrected chi connectivity index (χ1v) is 8.37. The number of rotatable bonds is 7. The van der Waals surface area contributed by atoms with Gasteiger partial charge in [0.25, 0.3) is 0 Å². The Morgan fingerprint density at radius 1 is 1.08 bits per heavy atom. The van der Waals surface area contributed by atoms with Crippen molar-refractivity contribution in [1.29, 1.82) is 0 Å². The minimum absolute atomic E-state index is 0.00218. The number of para-hydroxylation sites is 1. The van der Waals surface area contributed by atoms with Crippen LogP contribution in [0.2, 0.25) is 0 Å². The Bertz CT molecular complexity index is 729. The maximum Gasteiger partial charge on any atom is 0.244 e. The molecule has 0 aliphatic heterocycles. The Kier molecular flexibility index (Phi) is 6.69. The van der Waals surface area contributed by atoms with E-state index in [0.717, 1.165) is 23.2 Å². The molecule has 2 rings (SSSR count). The third-order valence-electron chi connectivity index (χ3n) is 3.87. The molecule has 2 amide bonds. The maximum atomic E-state index is 13.0. The fourth-order valence-electron chi connectivity index (χ4n) is 2.53. The van der Waals surface area contributed by atoms with Crippen LogP contribution in [0.25, 0.3) is 0 Å². The van der Waals surface area contributed by atoms with E-state index in [9.17, 15) is 14.0 Å². The second-order valence-electron chi connectivity index (χ2n) is 5.98. The summed E-state index contributed by atoms with van der Waals surface area (Å²) in [5, 5.41) is 2.84. The lowest BCUT2D eigenvalue weighted by molar-refractivity contribution is -0.134. The first kappa shape index (κ1) is 18.6. The molecule has 0 aliphatic rings. The molecule has 2 aromatic carbocycles. The smallest absolute Gasteiger partial charge is 0.244 e. The molecule has 0 aliphatic carbocycles. The molecule has 0 spiro atoms. The van der Waals surface area contributed by atoms with Gasteiger partial charge in [-0.15, -0.1) is 0 Å². The summed E-state index contributed by atoms with van der Waals surface area (Å²) in [7, 11) is 0. The maximum absolute atomic E-state index is 13.0. The molecule has 132 valence electrons. The van der Waals surface area contributed by atoms with Gasteiger partial charge < -0.3 is 10.2 Å². The van der Waals surface area contributed by atoms with Crippen LogP contribution in [0, 0.1) is 12.7 Å². The van der Waals surface area contributed by atoms with Crippen LogP contribution in [0.4, 0.5) is 10.1 Å². The Hall–Kier alpha value is -2.69. The number of hydrogen-bond donors (Lipinski definition) is 1. The average Bonchev–Trinajstić information content (AvgIpc) is 2.58. The van der Waals surface area contributed by atoms with Gasteiger partial charge in [0.2, 0.25) is 11.8 Å². The molecule has 4 nitrogen and oxygen atoms in total. The number of anilines is 1. The number of amides is 2. The van der Waals surface area contributed by atoms with Gasteiger partial charge in [-0.1, -0.05) is 37.3 Å². The summed E-state index contributed by atoms with van der Waals surface area (Å²) in [6, 6.07) is 13.3. The number of nitrogens with zero attached hydrogens (tertiary/aromatic N) is 1.